The lowest BCUT2D eigenvalue weighted by molar-refractivity contribution is -0.387. The van der Waals surface area contributed by atoms with Crippen LogP contribution < -0.4 is 5.32 Å². The van der Waals surface area contributed by atoms with Gasteiger partial charge < -0.3 is 15.2 Å². The van der Waals surface area contributed by atoms with E-state index >= 15 is 0 Å². The second-order valence-corrected chi connectivity index (χ2v) is 7.93. The van der Waals surface area contributed by atoms with Crippen LogP contribution in [0.5, 0.6) is 0 Å². The van der Waals surface area contributed by atoms with Crippen molar-refractivity contribution < 1.29 is 28.7 Å². The van der Waals surface area contributed by atoms with Gasteiger partial charge >= 0.3 is 17.7 Å². The molecule has 1 aliphatic rings. The highest BCUT2D eigenvalue weighted by Gasteiger charge is 2.40. The molecule has 11 heteroatoms. The summed E-state index contributed by atoms with van der Waals surface area (Å²) in [7, 11) is 0. The van der Waals surface area contributed by atoms with Gasteiger partial charge in [0.25, 0.3) is 0 Å². The van der Waals surface area contributed by atoms with Crippen LogP contribution in [0.25, 0.3) is 11.3 Å². The number of anilines is 1. The van der Waals surface area contributed by atoms with E-state index < -0.39 is 40.6 Å². The predicted molar refractivity (Wildman–Crippen MR) is 123 cm³/mol. The number of aromatic nitrogens is 1. The van der Waals surface area contributed by atoms with E-state index in [1.54, 1.807) is 36.4 Å². The molecule has 1 saturated heterocycles. The van der Waals surface area contributed by atoms with E-state index in [2.05, 4.69) is 10.3 Å². The maximum atomic E-state index is 14.6. The largest absolute Gasteiger partial charge is 0.480 e. The molecule has 0 aliphatic carbocycles. The van der Waals surface area contributed by atoms with Gasteiger partial charge in [-0.05, 0) is 23.8 Å². The van der Waals surface area contributed by atoms with Crippen LogP contribution in [0.1, 0.15) is 12.0 Å². The number of carbonyl (C=O) groups is 2. The molecule has 1 aromatic heterocycles. The topological polar surface area (TPSA) is 135 Å². The summed E-state index contributed by atoms with van der Waals surface area (Å²) < 4.78 is 19.9. The molecule has 3 aromatic rings. The van der Waals surface area contributed by atoms with Crippen molar-refractivity contribution in [1.82, 2.24) is 9.88 Å². The number of amides is 1. The third-order valence-electron chi connectivity index (χ3n) is 5.58. The van der Waals surface area contributed by atoms with Gasteiger partial charge in [-0.25, -0.2) is 14.6 Å². The number of benzene rings is 2. The SMILES string of the molecule is O=C(O)[C@@H]1C[C@H](Nc2cccc(-c3cccc([N+](=O)[O-])c3F)n2)CN1C(=O)OCc1ccccc1. The summed E-state index contributed by atoms with van der Waals surface area (Å²) in [6.45, 7) is 0.0701. The summed E-state index contributed by atoms with van der Waals surface area (Å²) in [5.41, 5.74) is 0.246. The molecule has 1 fully saturated rings. The number of pyridine rings is 1. The van der Waals surface area contributed by atoms with Crippen LogP contribution in [-0.4, -0.2) is 50.6 Å². The number of carboxylic acids is 1. The third-order valence-corrected chi connectivity index (χ3v) is 5.58. The smallest absolute Gasteiger partial charge is 0.410 e. The Morgan fingerprint density at radius 1 is 1.14 bits per heavy atom. The monoisotopic (exact) mass is 480 g/mol. The summed E-state index contributed by atoms with van der Waals surface area (Å²) in [5.74, 6) is -1.85. The van der Waals surface area contributed by atoms with Gasteiger partial charge in [-0.1, -0.05) is 42.5 Å². The van der Waals surface area contributed by atoms with E-state index in [1.807, 2.05) is 6.07 Å². The fourth-order valence-electron chi connectivity index (χ4n) is 3.91. The number of rotatable bonds is 7. The maximum Gasteiger partial charge on any atom is 0.410 e. The van der Waals surface area contributed by atoms with Gasteiger partial charge in [0.1, 0.15) is 18.5 Å². The first kappa shape index (κ1) is 23.6. The van der Waals surface area contributed by atoms with Gasteiger partial charge in [0.15, 0.2) is 0 Å². The Bertz CT molecular complexity index is 1260. The second kappa shape index (κ2) is 10.2. The average Bonchev–Trinajstić information content (AvgIpc) is 3.27. The van der Waals surface area contributed by atoms with Crippen LogP contribution in [0.2, 0.25) is 0 Å². The van der Waals surface area contributed by atoms with E-state index in [-0.39, 0.29) is 30.8 Å². The van der Waals surface area contributed by atoms with E-state index in [1.165, 1.54) is 18.2 Å². The first-order chi connectivity index (χ1) is 16.8. The average molecular weight is 480 g/mol. The molecule has 1 aliphatic heterocycles. The summed E-state index contributed by atoms with van der Waals surface area (Å²) in [6, 6.07) is 16.0. The summed E-state index contributed by atoms with van der Waals surface area (Å²) in [6.07, 6.45) is -0.640. The molecular weight excluding hydrogens is 459 g/mol. The van der Waals surface area contributed by atoms with Crippen LogP contribution in [-0.2, 0) is 16.1 Å². The molecule has 180 valence electrons. The highest BCUT2D eigenvalue weighted by atomic mass is 19.1. The van der Waals surface area contributed by atoms with Crippen molar-refractivity contribution >= 4 is 23.6 Å². The van der Waals surface area contributed by atoms with Crippen molar-refractivity contribution in [2.75, 3.05) is 11.9 Å². The molecule has 35 heavy (non-hydrogen) atoms. The van der Waals surface area contributed by atoms with Gasteiger partial charge in [-0.3, -0.25) is 15.0 Å². The van der Waals surface area contributed by atoms with Crippen LogP contribution in [0.3, 0.4) is 0 Å². The summed E-state index contributed by atoms with van der Waals surface area (Å²) in [4.78, 5) is 40.1. The number of nitro benzene ring substituents is 1. The van der Waals surface area contributed by atoms with Crippen LogP contribution in [0, 0.1) is 15.9 Å². The molecule has 4 rings (SSSR count). The number of hydrogen-bond acceptors (Lipinski definition) is 7. The lowest BCUT2D eigenvalue weighted by Crippen LogP contribution is -2.41. The molecule has 0 saturated carbocycles. The number of halogens is 1. The third kappa shape index (κ3) is 5.35. The predicted octanol–water partition coefficient (Wildman–Crippen LogP) is 4.07. The zero-order valence-corrected chi connectivity index (χ0v) is 18.3. The molecule has 1 amide bonds. The number of ether oxygens (including phenoxy) is 1. The number of nitrogens with one attached hydrogen (secondary N) is 1. The van der Waals surface area contributed by atoms with Crippen molar-refractivity contribution in [3.8, 4) is 11.3 Å². The lowest BCUT2D eigenvalue weighted by Gasteiger charge is -2.20. The molecule has 0 spiro atoms. The Morgan fingerprint density at radius 3 is 2.60 bits per heavy atom. The molecule has 10 nitrogen and oxygen atoms in total. The number of hydrogen-bond donors (Lipinski definition) is 2. The molecule has 2 aromatic carbocycles. The quantitative estimate of drug-likeness (QED) is 0.382. The Kier molecular flexibility index (Phi) is 6.86. The summed E-state index contributed by atoms with van der Waals surface area (Å²) in [5, 5.41) is 23.7. The Hall–Kier alpha value is -4.54. The van der Waals surface area contributed by atoms with Crippen molar-refractivity contribution in [3.05, 3.63) is 88.2 Å². The Morgan fingerprint density at radius 2 is 1.89 bits per heavy atom. The van der Waals surface area contributed by atoms with E-state index in [4.69, 9.17) is 4.74 Å². The molecular formula is C24H21FN4O6. The zero-order valence-electron chi connectivity index (χ0n) is 18.3. The van der Waals surface area contributed by atoms with Crippen molar-refractivity contribution in [2.45, 2.75) is 25.1 Å². The standard InChI is InChI=1S/C24H21FN4O6/c25-22-17(8-4-10-19(22)29(33)34)18-9-5-11-21(27-18)26-16-12-20(23(30)31)28(13-16)24(32)35-14-15-6-2-1-3-7-15/h1-11,16,20H,12-14H2,(H,26,27)(H,30,31)/t16-,20-/m0/s1. The number of likely N-dealkylation sites (tertiary alicyclic amines) is 1. The number of nitro groups is 1. The van der Waals surface area contributed by atoms with E-state index in [0.29, 0.717) is 5.82 Å². The molecule has 0 unspecified atom stereocenters. The number of carbonyl (C=O) groups excluding carboxylic acids is 1. The molecule has 0 bridgehead atoms. The zero-order chi connectivity index (χ0) is 24.9. The summed E-state index contributed by atoms with van der Waals surface area (Å²) >= 11 is 0. The maximum absolute atomic E-state index is 14.6. The van der Waals surface area contributed by atoms with Gasteiger partial charge in [-0.15, -0.1) is 0 Å². The Labute approximate surface area is 199 Å². The fourth-order valence-corrected chi connectivity index (χ4v) is 3.91. The first-order valence-electron chi connectivity index (χ1n) is 10.7. The highest BCUT2D eigenvalue weighted by Crippen LogP contribution is 2.29. The number of aliphatic carboxylic acids is 1. The van der Waals surface area contributed by atoms with Crippen molar-refractivity contribution in [3.63, 3.8) is 0 Å². The van der Waals surface area contributed by atoms with Crippen LogP contribution in [0.15, 0.2) is 66.7 Å². The number of carboxylic acid groups (broad SMARTS) is 1. The Balaban J connectivity index is 1.47. The molecule has 2 N–H and O–H groups in total. The minimum Gasteiger partial charge on any atom is -0.480 e. The minimum atomic E-state index is -1.16. The lowest BCUT2D eigenvalue weighted by atomic mass is 10.1. The molecule has 2 heterocycles. The van der Waals surface area contributed by atoms with E-state index in [0.717, 1.165) is 16.5 Å². The van der Waals surface area contributed by atoms with Crippen molar-refractivity contribution in [1.29, 1.82) is 0 Å². The molecule has 2 atom stereocenters. The normalized spacial score (nSPS) is 17.1. The van der Waals surface area contributed by atoms with Gasteiger partial charge in [0, 0.05) is 30.6 Å². The second-order valence-electron chi connectivity index (χ2n) is 7.93. The van der Waals surface area contributed by atoms with Gasteiger partial charge in [-0.2, -0.15) is 4.39 Å². The van der Waals surface area contributed by atoms with Crippen LogP contribution >= 0.6 is 0 Å². The fraction of sp³-hybridized carbons (Fsp3) is 0.208. The minimum absolute atomic E-state index is 0.0129. The van der Waals surface area contributed by atoms with Gasteiger partial charge in [0.2, 0.25) is 5.82 Å². The highest BCUT2D eigenvalue weighted by molar-refractivity contribution is 5.81. The van der Waals surface area contributed by atoms with Gasteiger partial charge in [0.05, 0.1) is 10.6 Å². The first-order valence-corrected chi connectivity index (χ1v) is 10.7. The van der Waals surface area contributed by atoms with Crippen LogP contribution in [0.4, 0.5) is 20.7 Å². The number of nitrogens with zero attached hydrogens (tertiary/aromatic N) is 3. The van der Waals surface area contributed by atoms with Crippen molar-refractivity contribution in [2.24, 2.45) is 0 Å². The molecule has 0 radical (unpaired) electrons. The van der Waals surface area contributed by atoms with E-state index in [9.17, 15) is 29.2 Å².